The predicted octanol–water partition coefficient (Wildman–Crippen LogP) is 3.98. The van der Waals surface area contributed by atoms with Crippen molar-refractivity contribution in [2.75, 3.05) is 62.3 Å². The van der Waals surface area contributed by atoms with Crippen LogP contribution in [0.4, 0.5) is 21.9 Å². The van der Waals surface area contributed by atoms with Crippen LogP contribution in [-0.4, -0.2) is 73.2 Å². The molecule has 1 aliphatic rings. The third-order valence-corrected chi connectivity index (χ3v) is 6.93. The molecule has 2 heterocycles. The van der Waals surface area contributed by atoms with Crippen molar-refractivity contribution in [1.29, 1.82) is 0 Å². The van der Waals surface area contributed by atoms with E-state index < -0.39 is 6.09 Å². The summed E-state index contributed by atoms with van der Waals surface area (Å²) < 4.78 is 0. The van der Waals surface area contributed by atoms with E-state index in [2.05, 4.69) is 22.2 Å². The average molecular weight is 480 g/mol. The quantitative estimate of drug-likeness (QED) is 0.443. The molecule has 1 aliphatic heterocycles. The van der Waals surface area contributed by atoms with Gasteiger partial charge in [0.1, 0.15) is 0 Å². The molecule has 0 spiro atoms. The van der Waals surface area contributed by atoms with Crippen LogP contribution in [0, 0.1) is 0 Å². The van der Waals surface area contributed by atoms with Crippen molar-refractivity contribution < 1.29 is 14.7 Å². The molecule has 4 N–H and O–H groups in total. The van der Waals surface area contributed by atoms with Gasteiger partial charge in [0.2, 0.25) is 0 Å². The van der Waals surface area contributed by atoms with Crippen molar-refractivity contribution in [3.05, 3.63) is 65.5 Å². The van der Waals surface area contributed by atoms with Gasteiger partial charge in [0.05, 0.1) is 11.4 Å². The van der Waals surface area contributed by atoms with Gasteiger partial charge in [-0.15, -0.1) is 11.3 Å². The van der Waals surface area contributed by atoms with Gasteiger partial charge in [-0.3, -0.25) is 14.6 Å². The molecule has 2 aromatic carbocycles. The van der Waals surface area contributed by atoms with Gasteiger partial charge in [-0.05, 0) is 60.5 Å². The number of piperazine rings is 1. The van der Waals surface area contributed by atoms with Gasteiger partial charge in [0.15, 0.2) is 0 Å². The molecule has 9 heteroatoms. The summed E-state index contributed by atoms with van der Waals surface area (Å²) in [7, 11) is 2.09. The zero-order valence-corrected chi connectivity index (χ0v) is 19.9. The molecule has 0 bridgehead atoms. The van der Waals surface area contributed by atoms with Crippen LogP contribution in [0.3, 0.4) is 0 Å². The lowest BCUT2D eigenvalue weighted by Crippen LogP contribution is -2.47. The number of thiophene rings is 1. The summed E-state index contributed by atoms with van der Waals surface area (Å²) in [5, 5.41) is 14.6. The maximum atomic E-state index is 12.8. The second kappa shape index (κ2) is 10.7. The van der Waals surface area contributed by atoms with E-state index in [0.717, 1.165) is 36.6 Å². The number of nitrogen functional groups attached to an aromatic ring is 1. The average Bonchev–Trinajstić information content (AvgIpc) is 3.37. The van der Waals surface area contributed by atoms with E-state index in [1.165, 1.54) is 4.90 Å². The van der Waals surface area contributed by atoms with Crippen LogP contribution in [0.15, 0.2) is 60.0 Å². The number of nitrogens with two attached hydrogens (primary N) is 1. The number of carbonyl (C=O) groups is 2. The van der Waals surface area contributed by atoms with Gasteiger partial charge in [-0.2, -0.15) is 0 Å². The molecule has 1 saturated heterocycles. The van der Waals surface area contributed by atoms with E-state index in [4.69, 9.17) is 5.73 Å². The molecule has 1 fully saturated rings. The lowest BCUT2D eigenvalue weighted by molar-refractivity contribution is 0.102. The van der Waals surface area contributed by atoms with Crippen LogP contribution in [-0.2, 0) is 0 Å². The van der Waals surface area contributed by atoms with Crippen LogP contribution in [0.1, 0.15) is 10.4 Å². The molecule has 34 heavy (non-hydrogen) atoms. The Morgan fingerprint density at radius 2 is 1.82 bits per heavy atom. The van der Waals surface area contributed by atoms with E-state index >= 15 is 0 Å². The molecular weight excluding hydrogens is 450 g/mol. The highest BCUT2D eigenvalue weighted by Crippen LogP contribution is 2.30. The normalized spacial score (nSPS) is 14.6. The largest absolute Gasteiger partial charge is 0.465 e. The second-order valence-electron chi connectivity index (χ2n) is 8.36. The van der Waals surface area contributed by atoms with Crippen molar-refractivity contribution in [3.8, 4) is 10.4 Å². The molecule has 0 atom stereocenters. The smallest absolute Gasteiger partial charge is 0.411 e. The summed E-state index contributed by atoms with van der Waals surface area (Å²) >= 11 is 1.61. The minimum Gasteiger partial charge on any atom is -0.465 e. The summed E-state index contributed by atoms with van der Waals surface area (Å²) in [5.41, 5.74) is 9.04. The van der Waals surface area contributed by atoms with Crippen molar-refractivity contribution >= 4 is 40.4 Å². The number of nitrogens with one attached hydrogen (secondary N) is 1. The molecule has 2 amide bonds. The van der Waals surface area contributed by atoms with Gasteiger partial charge in [-0.25, -0.2) is 4.79 Å². The highest BCUT2D eigenvalue weighted by molar-refractivity contribution is 7.13. The van der Waals surface area contributed by atoms with Gasteiger partial charge >= 0.3 is 6.09 Å². The van der Waals surface area contributed by atoms with Crippen LogP contribution >= 0.6 is 11.3 Å². The summed E-state index contributed by atoms with van der Waals surface area (Å²) in [5.74, 6) is -0.305. The number of amides is 2. The number of likely N-dealkylation sites (N-methyl/N-ethyl adjacent to an activating group) is 1. The van der Waals surface area contributed by atoms with Crippen LogP contribution in [0.25, 0.3) is 10.4 Å². The molecule has 0 saturated carbocycles. The highest BCUT2D eigenvalue weighted by Gasteiger charge is 2.19. The number of hydrogen-bond donors (Lipinski definition) is 3. The summed E-state index contributed by atoms with van der Waals surface area (Å²) in [4.78, 5) is 31.6. The number of nitrogens with zero attached hydrogens (tertiary/aromatic N) is 3. The number of anilines is 3. The van der Waals surface area contributed by atoms with E-state index in [-0.39, 0.29) is 5.91 Å². The summed E-state index contributed by atoms with van der Waals surface area (Å²) in [6, 6.07) is 16.1. The molecule has 178 valence electrons. The Labute approximate surface area is 203 Å². The fourth-order valence-electron chi connectivity index (χ4n) is 3.90. The Bertz CT molecular complexity index is 1130. The van der Waals surface area contributed by atoms with Crippen molar-refractivity contribution in [3.63, 3.8) is 0 Å². The zero-order valence-electron chi connectivity index (χ0n) is 19.1. The number of carbonyl (C=O) groups excluding carboxylic acids is 1. The van der Waals surface area contributed by atoms with E-state index in [1.54, 1.807) is 41.7 Å². The third-order valence-electron chi connectivity index (χ3n) is 6.01. The fourth-order valence-corrected chi connectivity index (χ4v) is 4.62. The standard InChI is InChI=1S/C25H29N5O3S/c1-28-10-12-29(13-11-28)14-15-30(25(32)33)20-7-4-18(5-8-20)24(31)27-22-17-19(6-9-21(22)26)23-3-2-16-34-23/h2-9,16-17H,10-15,26H2,1H3,(H,27,31)(H,32,33). The monoisotopic (exact) mass is 479 g/mol. The molecule has 8 nitrogen and oxygen atoms in total. The van der Waals surface area contributed by atoms with E-state index in [0.29, 0.717) is 35.7 Å². The molecule has 3 aromatic rings. The predicted molar refractivity (Wildman–Crippen MR) is 138 cm³/mol. The van der Waals surface area contributed by atoms with Gasteiger partial charge < -0.3 is 21.1 Å². The maximum absolute atomic E-state index is 12.8. The Balaban J connectivity index is 1.41. The number of carboxylic acid groups (broad SMARTS) is 1. The number of benzene rings is 2. The molecular formula is C25H29N5O3S. The molecule has 1 aromatic heterocycles. The molecule has 0 unspecified atom stereocenters. The van der Waals surface area contributed by atoms with Crippen LogP contribution in [0.5, 0.6) is 0 Å². The minimum atomic E-state index is -1.01. The van der Waals surface area contributed by atoms with Crippen LogP contribution in [0.2, 0.25) is 0 Å². The SMILES string of the molecule is CN1CCN(CCN(C(=O)O)c2ccc(C(=O)Nc3cc(-c4cccs4)ccc3N)cc2)CC1. The lowest BCUT2D eigenvalue weighted by Gasteiger charge is -2.33. The van der Waals surface area contributed by atoms with Crippen molar-refractivity contribution in [2.24, 2.45) is 0 Å². The van der Waals surface area contributed by atoms with Crippen molar-refractivity contribution in [2.45, 2.75) is 0 Å². The van der Waals surface area contributed by atoms with E-state index in [9.17, 15) is 14.7 Å². The van der Waals surface area contributed by atoms with Gasteiger partial charge in [0, 0.05) is 55.4 Å². The van der Waals surface area contributed by atoms with Crippen molar-refractivity contribution in [1.82, 2.24) is 9.80 Å². The Morgan fingerprint density at radius 1 is 1.09 bits per heavy atom. The maximum Gasteiger partial charge on any atom is 0.411 e. The van der Waals surface area contributed by atoms with E-state index in [1.807, 2.05) is 29.6 Å². The number of hydrogen-bond acceptors (Lipinski definition) is 6. The van der Waals surface area contributed by atoms with Crippen LogP contribution < -0.4 is 16.0 Å². The summed E-state index contributed by atoms with van der Waals surface area (Å²) in [6.07, 6.45) is -1.01. The Morgan fingerprint density at radius 3 is 2.47 bits per heavy atom. The second-order valence-corrected chi connectivity index (χ2v) is 9.31. The first-order valence-electron chi connectivity index (χ1n) is 11.2. The third kappa shape index (κ3) is 5.74. The van der Waals surface area contributed by atoms with Gasteiger partial charge in [-0.1, -0.05) is 12.1 Å². The molecule has 0 radical (unpaired) electrons. The molecule has 4 rings (SSSR count). The topological polar surface area (TPSA) is 102 Å². The zero-order chi connectivity index (χ0) is 24.1. The first-order valence-corrected chi connectivity index (χ1v) is 12.0. The van der Waals surface area contributed by atoms with Gasteiger partial charge in [0.25, 0.3) is 5.91 Å². The number of rotatable bonds is 7. The first-order chi connectivity index (χ1) is 16.4. The highest BCUT2D eigenvalue weighted by atomic mass is 32.1. The fraction of sp³-hybridized carbons (Fsp3) is 0.280. The lowest BCUT2D eigenvalue weighted by atomic mass is 10.1. The molecule has 0 aliphatic carbocycles. The minimum absolute atomic E-state index is 0.305. The first kappa shape index (κ1) is 23.7. The Hall–Kier alpha value is -3.40. The Kier molecular flexibility index (Phi) is 7.46. The summed E-state index contributed by atoms with van der Waals surface area (Å²) in [6.45, 7) is 4.87.